The topological polar surface area (TPSA) is 111 Å². The summed E-state index contributed by atoms with van der Waals surface area (Å²) in [6.07, 6.45) is 2.10. The van der Waals surface area contributed by atoms with E-state index in [4.69, 9.17) is 4.74 Å². The van der Waals surface area contributed by atoms with Crippen LogP contribution >= 0.6 is 0 Å². The van der Waals surface area contributed by atoms with Gasteiger partial charge in [-0.05, 0) is 69.7 Å². The second-order valence-electron chi connectivity index (χ2n) is 11.3. The number of carbonyl (C=O) groups excluding carboxylic acids is 3. The zero-order chi connectivity index (χ0) is 27.6. The fraction of sp³-hybridized carbons (Fsp3) is 0.690. The van der Waals surface area contributed by atoms with E-state index in [1.54, 1.807) is 4.90 Å². The molecule has 0 saturated carbocycles. The summed E-state index contributed by atoms with van der Waals surface area (Å²) in [4.78, 5) is 45.0. The molecule has 1 aromatic rings. The monoisotopic (exact) mass is 528 g/mol. The van der Waals surface area contributed by atoms with Crippen molar-refractivity contribution in [3.63, 3.8) is 0 Å². The van der Waals surface area contributed by atoms with E-state index in [0.717, 1.165) is 25.2 Å². The molecule has 0 aromatic heterocycles. The predicted molar refractivity (Wildman–Crippen MR) is 147 cm³/mol. The summed E-state index contributed by atoms with van der Waals surface area (Å²) in [5, 5.41) is 16.3. The lowest BCUT2D eigenvalue weighted by Gasteiger charge is -2.37. The van der Waals surface area contributed by atoms with Crippen molar-refractivity contribution in [3.8, 4) is 0 Å². The maximum Gasteiger partial charge on any atom is 0.250 e. The number of anilines is 2. The number of nitrogens with one attached hydrogen (secondary N) is 2. The quantitative estimate of drug-likeness (QED) is 0.385. The van der Waals surface area contributed by atoms with Crippen LogP contribution in [0.3, 0.4) is 0 Å². The number of carbonyl (C=O) groups is 3. The molecule has 9 heteroatoms. The molecular formula is C29H44N4O5. The third-order valence-corrected chi connectivity index (χ3v) is 8.45. The average molecular weight is 529 g/mol. The Morgan fingerprint density at radius 3 is 2.42 bits per heavy atom. The van der Waals surface area contributed by atoms with Crippen LogP contribution in [0.1, 0.15) is 60.3 Å². The molecule has 6 atom stereocenters. The molecule has 3 saturated heterocycles. The van der Waals surface area contributed by atoms with Crippen LogP contribution in [0.15, 0.2) is 24.3 Å². The van der Waals surface area contributed by atoms with Gasteiger partial charge in [-0.1, -0.05) is 20.8 Å². The van der Waals surface area contributed by atoms with Crippen LogP contribution in [0.25, 0.3) is 0 Å². The van der Waals surface area contributed by atoms with Crippen molar-refractivity contribution in [2.45, 2.75) is 84.1 Å². The number of benzene rings is 1. The lowest BCUT2D eigenvalue weighted by atomic mass is 9.70. The van der Waals surface area contributed by atoms with Crippen molar-refractivity contribution in [3.05, 3.63) is 24.3 Å². The van der Waals surface area contributed by atoms with E-state index in [2.05, 4.69) is 29.4 Å². The van der Waals surface area contributed by atoms with Gasteiger partial charge in [-0.3, -0.25) is 14.4 Å². The van der Waals surface area contributed by atoms with Gasteiger partial charge in [-0.15, -0.1) is 0 Å². The number of fused-ring (bicyclic) bond motifs is 1. The number of aliphatic hydroxyl groups is 1. The molecule has 3 N–H and O–H groups in total. The number of hydrogen-bond donors (Lipinski definition) is 3. The van der Waals surface area contributed by atoms with Crippen LogP contribution < -0.4 is 15.5 Å². The third-order valence-electron chi connectivity index (χ3n) is 8.45. The van der Waals surface area contributed by atoms with Crippen LogP contribution in [0.4, 0.5) is 11.4 Å². The Hall–Kier alpha value is -2.65. The van der Waals surface area contributed by atoms with Gasteiger partial charge in [-0.2, -0.15) is 0 Å². The van der Waals surface area contributed by atoms with Gasteiger partial charge in [0.25, 0.3) is 0 Å². The van der Waals surface area contributed by atoms with E-state index in [9.17, 15) is 19.5 Å². The van der Waals surface area contributed by atoms with Crippen LogP contribution in [0.2, 0.25) is 0 Å². The van der Waals surface area contributed by atoms with Gasteiger partial charge in [0, 0.05) is 31.0 Å². The average Bonchev–Trinajstić information content (AvgIpc) is 3.54. The summed E-state index contributed by atoms with van der Waals surface area (Å²) < 4.78 is 6.48. The molecule has 9 nitrogen and oxygen atoms in total. The first kappa shape index (κ1) is 28.4. The van der Waals surface area contributed by atoms with Crippen LogP contribution in [-0.2, 0) is 19.1 Å². The lowest BCUT2D eigenvalue weighted by molar-refractivity contribution is -0.144. The number of amides is 3. The first-order valence-electron chi connectivity index (χ1n) is 14.3. The standard InChI is InChI=1S/C29H44N4O5/c1-6-15-30-26(35)23-22-13-14-29(38-22)24(23)28(37)33(21(17-34)16-18(4)5)25(29)27(36)31-19-9-11-20(12-10-19)32(7-2)8-3/h9-12,18,21-25,34H,6-8,13-17H2,1-5H3,(H,30,35)(H,31,36)/t21-,22+,23-,24+,25?,29?/m1/s1. The molecule has 0 radical (unpaired) electrons. The Morgan fingerprint density at radius 1 is 1.16 bits per heavy atom. The van der Waals surface area contributed by atoms with E-state index in [1.807, 2.05) is 45.0 Å². The zero-order valence-electron chi connectivity index (χ0n) is 23.4. The van der Waals surface area contributed by atoms with E-state index >= 15 is 0 Å². The second-order valence-corrected chi connectivity index (χ2v) is 11.3. The van der Waals surface area contributed by atoms with Crippen molar-refractivity contribution in [1.82, 2.24) is 10.2 Å². The highest BCUT2D eigenvalue weighted by atomic mass is 16.5. The van der Waals surface area contributed by atoms with Crippen molar-refractivity contribution in [2.24, 2.45) is 17.8 Å². The van der Waals surface area contributed by atoms with Crippen molar-refractivity contribution in [1.29, 1.82) is 0 Å². The number of rotatable bonds is 12. The van der Waals surface area contributed by atoms with Gasteiger partial charge in [0.1, 0.15) is 11.6 Å². The summed E-state index contributed by atoms with van der Waals surface area (Å²) in [5.41, 5.74) is 0.624. The lowest BCUT2D eigenvalue weighted by Crippen LogP contribution is -2.56. The smallest absolute Gasteiger partial charge is 0.250 e. The van der Waals surface area contributed by atoms with Gasteiger partial charge in [0.2, 0.25) is 17.7 Å². The molecule has 2 bridgehead atoms. The molecular weight excluding hydrogens is 484 g/mol. The Morgan fingerprint density at radius 2 is 1.84 bits per heavy atom. The number of ether oxygens (including phenoxy) is 1. The molecule has 1 spiro atoms. The maximum absolute atomic E-state index is 14.1. The Labute approximate surface area is 226 Å². The molecule has 210 valence electrons. The molecule has 4 rings (SSSR count). The number of likely N-dealkylation sites (tertiary alicyclic amines) is 1. The van der Waals surface area contributed by atoms with Crippen LogP contribution in [0, 0.1) is 17.8 Å². The Kier molecular flexibility index (Phi) is 8.67. The normalized spacial score (nSPS) is 28.5. The second kappa shape index (κ2) is 11.6. The highest BCUT2D eigenvalue weighted by molar-refractivity contribution is 6.03. The molecule has 3 amide bonds. The molecule has 0 aliphatic carbocycles. The van der Waals surface area contributed by atoms with Crippen molar-refractivity contribution in [2.75, 3.05) is 36.5 Å². The molecule has 1 aromatic carbocycles. The minimum absolute atomic E-state index is 0.186. The molecule has 3 heterocycles. The summed E-state index contributed by atoms with van der Waals surface area (Å²) in [7, 11) is 0. The molecule has 2 unspecified atom stereocenters. The van der Waals surface area contributed by atoms with E-state index < -0.39 is 29.5 Å². The van der Waals surface area contributed by atoms with E-state index in [0.29, 0.717) is 31.5 Å². The predicted octanol–water partition coefficient (Wildman–Crippen LogP) is 2.78. The summed E-state index contributed by atoms with van der Waals surface area (Å²) in [5.74, 6) is -1.95. The maximum atomic E-state index is 14.1. The molecule has 3 aliphatic rings. The Bertz CT molecular complexity index is 1010. The number of nitrogens with zero attached hydrogens (tertiary/aromatic N) is 2. The SMILES string of the molecule is CCCNC(=O)[C@@H]1[C@@H]2CCC3(O2)C(C(=O)Nc2ccc(N(CC)CC)cc2)N([C@@H](CO)CC(C)C)C(=O)[C@H]13. The van der Waals surface area contributed by atoms with Crippen LogP contribution in [0.5, 0.6) is 0 Å². The summed E-state index contributed by atoms with van der Waals surface area (Å²) in [6, 6.07) is 6.23. The zero-order valence-corrected chi connectivity index (χ0v) is 23.4. The Balaban J connectivity index is 1.67. The van der Waals surface area contributed by atoms with Crippen LogP contribution in [-0.4, -0.2) is 77.8 Å². The highest BCUT2D eigenvalue weighted by Gasteiger charge is 2.75. The summed E-state index contributed by atoms with van der Waals surface area (Å²) >= 11 is 0. The van der Waals surface area contributed by atoms with Gasteiger partial charge in [-0.25, -0.2) is 0 Å². The van der Waals surface area contributed by atoms with E-state index in [1.165, 1.54) is 0 Å². The first-order valence-corrected chi connectivity index (χ1v) is 14.3. The minimum atomic E-state index is -1.08. The van der Waals surface area contributed by atoms with E-state index in [-0.39, 0.29) is 36.4 Å². The van der Waals surface area contributed by atoms with Gasteiger partial charge >= 0.3 is 0 Å². The van der Waals surface area contributed by atoms with Gasteiger partial charge in [0.15, 0.2) is 0 Å². The summed E-state index contributed by atoms with van der Waals surface area (Å²) in [6.45, 7) is 12.3. The molecule has 3 fully saturated rings. The first-order chi connectivity index (χ1) is 18.2. The largest absolute Gasteiger partial charge is 0.394 e. The van der Waals surface area contributed by atoms with Gasteiger partial charge in [0.05, 0.1) is 30.6 Å². The highest BCUT2D eigenvalue weighted by Crippen LogP contribution is 2.59. The van der Waals surface area contributed by atoms with Crippen molar-refractivity contribution < 1.29 is 24.2 Å². The minimum Gasteiger partial charge on any atom is -0.394 e. The fourth-order valence-corrected chi connectivity index (χ4v) is 6.83. The number of hydrogen-bond acceptors (Lipinski definition) is 6. The molecule has 3 aliphatic heterocycles. The van der Waals surface area contributed by atoms with Gasteiger partial charge < -0.3 is 30.3 Å². The molecule has 38 heavy (non-hydrogen) atoms. The fourth-order valence-electron chi connectivity index (χ4n) is 6.83. The number of aliphatic hydroxyl groups excluding tert-OH is 1. The third kappa shape index (κ3) is 4.91. The van der Waals surface area contributed by atoms with Crippen molar-refractivity contribution >= 4 is 29.1 Å².